The highest BCUT2D eigenvalue weighted by Crippen LogP contribution is 2.10. The Balaban J connectivity index is 2.08. The van der Waals surface area contributed by atoms with Gasteiger partial charge in [-0.15, -0.1) is 0 Å². The molecule has 0 saturated carbocycles. The molecule has 4 nitrogen and oxygen atoms in total. The molecule has 0 aliphatic rings. The lowest BCUT2D eigenvalue weighted by molar-refractivity contribution is -0.133. The van der Waals surface area contributed by atoms with Crippen LogP contribution in [0.4, 0.5) is 5.69 Å². The first-order valence-corrected chi connectivity index (χ1v) is 6.27. The number of aromatic hydroxyl groups is 1. The summed E-state index contributed by atoms with van der Waals surface area (Å²) in [5.74, 6) is 4.96. The lowest BCUT2D eigenvalue weighted by atomic mass is 10.1. The monoisotopic (exact) mass is 279 g/mol. The molecule has 0 fully saturated rings. The molecule has 104 valence electrons. The molecule has 2 aromatic rings. The van der Waals surface area contributed by atoms with Crippen LogP contribution in [0.3, 0.4) is 0 Å². The third-order valence-corrected chi connectivity index (χ3v) is 2.68. The zero-order valence-electron chi connectivity index (χ0n) is 11.4. The topological polar surface area (TPSA) is 66.4 Å². The van der Waals surface area contributed by atoms with Crippen LogP contribution < -0.4 is 5.32 Å². The molecule has 2 N–H and O–H groups in total. The number of phenols is 1. The average Bonchev–Trinajstić information content (AvgIpc) is 2.48. The SMILES string of the molecule is CC(=O)C(=O)Nc1ccc(C#Cc2ccc(O)cc2)cc1. The third kappa shape index (κ3) is 4.22. The number of benzene rings is 2. The molecule has 0 radical (unpaired) electrons. The number of anilines is 1. The summed E-state index contributed by atoms with van der Waals surface area (Å²) in [4.78, 5) is 22.1. The van der Waals surface area contributed by atoms with Crippen LogP contribution in [0, 0.1) is 11.8 Å². The number of ketones is 1. The molecule has 0 aliphatic carbocycles. The van der Waals surface area contributed by atoms with E-state index < -0.39 is 11.7 Å². The first-order chi connectivity index (χ1) is 10.0. The van der Waals surface area contributed by atoms with Gasteiger partial charge in [-0.3, -0.25) is 9.59 Å². The highest BCUT2D eigenvalue weighted by Gasteiger charge is 2.06. The number of Topliss-reactive ketones (excluding diaryl/α,β-unsaturated/α-hetero) is 1. The van der Waals surface area contributed by atoms with Gasteiger partial charge in [-0.05, 0) is 48.5 Å². The van der Waals surface area contributed by atoms with Crippen molar-refractivity contribution in [3.8, 4) is 17.6 Å². The summed E-state index contributed by atoms with van der Waals surface area (Å²) >= 11 is 0. The Morgan fingerprint density at radius 1 is 0.905 bits per heavy atom. The van der Waals surface area contributed by atoms with Gasteiger partial charge < -0.3 is 10.4 Å². The Morgan fingerprint density at radius 2 is 1.38 bits per heavy atom. The maximum absolute atomic E-state index is 11.2. The van der Waals surface area contributed by atoms with Gasteiger partial charge in [0.1, 0.15) is 5.75 Å². The van der Waals surface area contributed by atoms with Crippen molar-refractivity contribution in [1.29, 1.82) is 0 Å². The molecule has 0 heterocycles. The van der Waals surface area contributed by atoms with Crippen molar-refractivity contribution < 1.29 is 14.7 Å². The van der Waals surface area contributed by atoms with Crippen molar-refractivity contribution in [2.75, 3.05) is 5.32 Å². The van der Waals surface area contributed by atoms with Gasteiger partial charge in [-0.2, -0.15) is 0 Å². The summed E-state index contributed by atoms with van der Waals surface area (Å²) in [5, 5.41) is 11.7. The predicted octanol–water partition coefficient (Wildman–Crippen LogP) is 2.32. The smallest absolute Gasteiger partial charge is 0.291 e. The van der Waals surface area contributed by atoms with Crippen LogP contribution in [-0.4, -0.2) is 16.8 Å². The molecular weight excluding hydrogens is 266 g/mol. The summed E-state index contributed by atoms with van der Waals surface area (Å²) < 4.78 is 0. The molecule has 0 saturated heterocycles. The molecule has 0 unspecified atom stereocenters. The van der Waals surface area contributed by atoms with Crippen molar-refractivity contribution in [2.24, 2.45) is 0 Å². The maximum Gasteiger partial charge on any atom is 0.291 e. The minimum Gasteiger partial charge on any atom is -0.508 e. The highest BCUT2D eigenvalue weighted by atomic mass is 16.3. The van der Waals surface area contributed by atoms with Gasteiger partial charge in [-0.1, -0.05) is 11.8 Å². The summed E-state index contributed by atoms with van der Waals surface area (Å²) in [6, 6.07) is 13.5. The van der Waals surface area contributed by atoms with Gasteiger partial charge in [0.05, 0.1) is 0 Å². The molecule has 0 atom stereocenters. The van der Waals surface area contributed by atoms with Gasteiger partial charge in [0.2, 0.25) is 5.78 Å². The van der Waals surface area contributed by atoms with Crippen LogP contribution in [0.5, 0.6) is 5.75 Å². The van der Waals surface area contributed by atoms with Gasteiger partial charge in [0, 0.05) is 23.7 Å². The van der Waals surface area contributed by atoms with Gasteiger partial charge in [0.25, 0.3) is 5.91 Å². The van der Waals surface area contributed by atoms with Crippen molar-refractivity contribution in [3.05, 3.63) is 59.7 Å². The van der Waals surface area contributed by atoms with Gasteiger partial charge in [0.15, 0.2) is 0 Å². The molecule has 0 spiro atoms. The summed E-state index contributed by atoms with van der Waals surface area (Å²) in [6.45, 7) is 1.22. The third-order valence-electron chi connectivity index (χ3n) is 2.68. The number of phenolic OH excluding ortho intramolecular Hbond substituents is 1. The zero-order valence-corrected chi connectivity index (χ0v) is 11.4. The van der Waals surface area contributed by atoms with Crippen LogP contribution in [0.15, 0.2) is 48.5 Å². The molecule has 2 rings (SSSR count). The van der Waals surface area contributed by atoms with Crippen molar-refractivity contribution >= 4 is 17.4 Å². The van der Waals surface area contributed by atoms with Crippen LogP contribution in [0.1, 0.15) is 18.1 Å². The second-order valence-electron chi connectivity index (χ2n) is 4.38. The highest BCUT2D eigenvalue weighted by molar-refractivity contribution is 6.39. The van der Waals surface area contributed by atoms with Crippen LogP contribution in [-0.2, 0) is 9.59 Å². The molecular formula is C17H13NO3. The molecule has 0 aromatic heterocycles. The average molecular weight is 279 g/mol. The van der Waals surface area contributed by atoms with Crippen molar-refractivity contribution in [3.63, 3.8) is 0 Å². The molecule has 1 amide bonds. The van der Waals surface area contributed by atoms with E-state index in [1.807, 2.05) is 0 Å². The fourth-order valence-corrected chi connectivity index (χ4v) is 1.55. The van der Waals surface area contributed by atoms with E-state index in [0.29, 0.717) is 5.69 Å². The maximum atomic E-state index is 11.2. The van der Waals surface area contributed by atoms with E-state index in [1.54, 1.807) is 48.5 Å². The number of hydrogen-bond acceptors (Lipinski definition) is 3. The second kappa shape index (κ2) is 6.40. The standard InChI is InChI=1S/C17H13NO3/c1-12(19)17(21)18-15-8-4-13(5-9-15)2-3-14-6-10-16(20)11-7-14/h4-11,20H,1H3,(H,18,21). The van der Waals surface area contributed by atoms with E-state index in [2.05, 4.69) is 17.2 Å². The minimum absolute atomic E-state index is 0.200. The molecule has 0 bridgehead atoms. The Kier molecular flexibility index (Phi) is 4.37. The quantitative estimate of drug-likeness (QED) is 0.655. The van der Waals surface area contributed by atoms with E-state index in [9.17, 15) is 14.7 Å². The number of nitrogens with one attached hydrogen (secondary N) is 1. The van der Waals surface area contributed by atoms with E-state index in [0.717, 1.165) is 11.1 Å². The second-order valence-corrected chi connectivity index (χ2v) is 4.38. The Bertz CT molecular complexity index is 719. The lowest BCUT2D eigenvalue weighted by Crippen LogP contribution is -2.19. The normalized spacial score (nSPS) is 9.38. The first-order valence-electron chi connectivity index (χ1n) is 6.27. The van der Waals surface area contributed by atoms with E-state index in [1.165, 1.54) is 6.92 Å². The van der Waals surface area contributed by atoms with Crippen molar-refractivity contribution in [1.82, 2.24) is 0 Å². The van der Waals surface area contributed by atoms with Gasteiger partial charge >= 0.3 is 0 Å². The number of amides is 1. The number of carbonyl (C=O) groups excluding carboxylic acids is 2. The molecule has 2 aromatic carbocycles. The van der Waals surface area contributed by atoms with E-state index in [-0.39, 0.29) is 5.75 Å². The zero-order chi connectivity index (χ0) is 15.2. The Labute approximate surface area is 122 Å². The van der Waals surface area contributed by atoms with Crippen LogP contribution in [0.25, 0.3) is 0 Å². The summed E-state index contributed by atoms with van der Waals surface area (Å²) in [6.07, 6.45) is 0. The minimum atomic E-state index is -0.641. The first kappa shape index (κ1) is 14.4. The molecule has 4 heteroatoms. The van der Waals surface area contributed by atoms with Crippen LogP contribution in [0.2, 0.25) is 0 Å². The summed E-state index contributed by atoms with van der Waals surface area (Å²) in [7, 11) is 0. The van der Waals surface area contributed by atoms with Gasteiger partial charge in [-0.25, -0.2) is 0 Å². The van der Waals surface area contributed by atoms with Crippen molar-refractivity contribution in [2.45, 2.75) is 6.92 Å². The fraction of sp³-hybridized carbons (Fsp3) is 0.0588. The lowest BCUT2D eigenvalue weighted by Gasteiger charge is -2.01. The molecule has 0 aliphatic heterocycles. The number of rotatable bonds is 2. The number of carbonyl (C=O) groups is 2. The van der Waals surface area contributed by atoms with Crippen LogP contribution >= 0.6 is 0 Å². The Morgan fingerprint density at radius 3 is 1.86 bits per heavy atom. The predicted molar refractivity (Wildman–Crippen MR) is 79.8 cm³/mol. The fourth-order valence-electron chi connectivity index (χ4n) is 1.55. The molecule has 21 heavy (non-hydrogen) atoms. The number of hydrogen-bond donors (Lipinski definition) is 2. The van der Waals surface area contributed by atoms with E-state index in [4.69, 9.17) is 0 Å². The summed E-state index contributed by atoms with van der Waals surface area (Å²) in [5.41, 5.74) is 2.12. The largest absolute Gasteiger partial charge is 0.508 e. The van der Waals surface area contributed by atoms with E-state index >= 15 is 0 Å². The Hall–Kier alpha value is -3.06.